The van der Waals surface area contributed by atoms with Crippen molar-refractivity contribution in [3.63, 3.8) is 0 Å². The molecule has 0 aliphatic carbocycles. The highest BCUT2D eigenvalue weighted by Crippen LogP contribution is 2.34. The summed E-state index contributed by atoms with van der Waals surface area (Å²) in [6.07, 6.45) is 0.458. The van der Waals surface area contributed by atoms with E-state index in [0.29, 0.717) is 30.2 Å². The monoisotopic (exact) mass is 467 g/mol. The average molecular weight is 468 g/mol. The van der Waals surface area contributed by atoms with E-state index in [1.165, 1.54) is 7.11 Å². The molecule has 1 saturated heterocycles. The van der Waals surface area contributed by atoms with Gasteiger partial charge in [-0.3, -0.25) is 4.90 Å². The largest absolute Gasteiger partial charge is 0.497 e. The van der Waals surface area contributed by atoms with Gasteiger partial charge in [0, 0.05) is 60.0 Å². The summed E-state index contributed by atoms with van der Waals surface area (Å²) < 4.78 is 34.8. The Kier molecular flexibility index (Phi) is 7.59. The Labute approximate surface area is 191 Å². The summed E-state index contributed by atoms with van der Waals surface area (Å²) in [4.78, 5) is 14.6. The van der Waals surface area contributed by atoms with Gasteiger partial charge in [0.25, 0.3) is 0 Å². The number of likely N-dealkylation sites (tertiary alicyclic amines) is 1. The highest BCUT2D eigenvalue weighted by atomic mass is 35.5. The van der Waals surface area contributed by atoms with Gasteiger partial charge in [-0.2, -0.15) is 0 Å². The fourth-order valence-corrected chi connectivity index (χ4v) is 4.20. The lowest BCUT2D eigenvalue weighted by Crippen LogP contribution is -2.53. The van der Waals surface area contributed by atoms with Gasteiger partial charge in [-0.05, 0) is 44.5 Å². The zero-order valence-corrected chi connectivity index (χ0v) is 19.0. The molecule has 0 saturated carbocycles. The highest BCUT2D eigenvalue weighted by molar-refractivity contribution is 6.30. The van der Waals surface area contributed by atoms with Gasteiger partial charge < -0.3 is 20.5 Å². The summed E-state index contributed by atoms with van der Waals surface area (Å²) in [6.45, 7) is 4.54. The van der Waals surface area contributed by atoms with Crippen LogP contribution in [0.4, 0.5) is 19.3 Å². The topological polar surface area (TPSA) is 73.8 Å². The minimum absolute atomic E-state index is 0.0814. The summed E-state index contributed by atoms with van der Waals surface area (Å²) in [5, 5.41) is 16.3. The summed E-state index contributed by atoms with van der Waals surface area (Å²) in [7, 11) is 1.34. The maximum absolute atomic E-state index is 14.9. The van der Waals surface area contributed by atoms with E-state index in [-0.39, 0.29) is 17.9 Å². The molecular formula is C23H28ClF2N3O3. The first-order valence-corrected chi connectivity index (χ1v) is 10.7. The first-order valence-electron chi connectivity index (χ1n) is 10.4. The maximum atomic E-state index is 14.9. The normalized spacial score (nSPS) is 19.5. The number of nitrogens with zero attached hydrogens (tertiary/aromatic N) is 1. The molecule has 6 nitrogen and oxygen atoms in total. The second-order valence-electron chi connectivity index (χ2n) is 8.66. The Morgan fingerprint density at radius 1 is 1.25 bits per heavy atom. The van der Waals surface area contributed by atoms with Crippen LogP contribution in [0.2, 0.25) is 5.02 Å². The van der Waals surface area contributed by atoms with Crippen molar-refractivity contribution in [2.75, 3.05) is 32.1 Å². The van der Waals surface area contributed by atoms with Gasteiger partial charge >= 0.3 is 6.03 Å². The minimum Gasteiger partial charge on any atom is -0.497 e. The third-order valence-electron chi connectivity index (χ3n) is 5.39. The van der Waals surface area contributed by atoms with Crippen molar-refractivity contribution in [1.29, 1.82) is 0 Å². The van der Waals surface area contributed by atoms with Crippen LogP contribution in [0.25, 0.3) is 0 Å². The van der Waals surface area contributed by atoms with Gasteiger partial charge in [0.15, 0.2) is 0 Å². The number of methoxy groups -OCH3 is 1. The summed E-state index contributed by atoms with van der Waals surface area (Å²) in [5.41, 5.74) is -0.527. The molecule has 174 valence electrons. The van der Waals surface area contributed by atoms with Crippen molar-refractivity contribution in [2.45, 2.75) is 37.8 Å². The predicted octanol–water partition coefficient (Wildman–Crippen LogP) is 4.38. The van der Waals surface area contributed by atoms with Crippen LogP contribution in [0, 0.1) is 11.6 Å². The van der Waals surface area contributed by atoms with Gasteiger partial charge in [0.05, 0.1) is 12.7 Å². The fourth-order valence-electron chi connectivity index (χ4n) is 4.08. The van der Waals surface area contributed by atoms with Gasteiger partial charge in [-0.25, -0.2) is 13.6 Å². The standard InChI is InChI=1S/C23H28ClF2N3O3/c1-23(2,31)13-29-9-8-20(28-22(30)27-15-6-4-14(24)5-7-15)17(12-29)21-18(25)10-16(32-3)11-19(21)26/h4-7,10-11,17,20,31H,8-9,12-13H2,1-3H3,(H2,27,28,30)/t17?,20-/m1/s1. The molecule has 3 rings (SSSR count). The van der Waals surface area contributed by atoms with Crippen LogP contribution in [0.15, 0.2) is 36.4 Å². The van der Waals surface area contributed by atoms with E-state index in [9.17, 15) is 18.7 Å². The third-order valence-corrected chi connectivity index (χ3v) is 5.64. The molecule has 3 N–H and O–H groups in total. The molecule has 0 bridgehead atoms. The molecule has 1 aliphatic heterocycles. The van der Waals surface area contributed by atoms with Crippen molar-refractivity contribution in [2.24, 2.45) is 0 Å². The molecule has 0 radical (unpaired) electrons. The van der Waals surface area contributed by atoms with Crippen LogP contribution < -0.4 is 15.4 Å². The van der Waals surface area contributed by atoms with E-state index in [2.05, 4.69) is 10.6 Å². The molecule has 1 fully saturated rings. The summed E-state index contributed by atoms with van der Waals surface area (Å²) >= 11 is 5.87. The van der Waals surface area contributed by atoms with Crippen LogP contribution in [-0.2, 0) is 0 Å². The Hall–Kier alpha value is -2.42. The molecule has 1 heterocycles. The number of halogens is 3. The van der Waals surface area contributed by atoms with Crippen LogP contribution in [0.3, 0.4) is 0 Å². The van der Waals surface area contributed by atoms with Gasteiger partial charge in [-0.1, -0.05) is 11.6 Å². The number of ether oxygens (including phenoxy) is 1. The number of carbonyl (C=O) groups excluding carboxylic acids is 1. The number of piperidine rings is 1. The Morgan fingerprint density at radius 2 is 1.88 bits per heavy atom. The number of hydrogen-bond acceptors (Lipinski definition) is 4. The lowest BCUT2D eigenvalue weighted by Gasteiger charge is -2.41. The summed E-state index contributed by atoms with van der Waals surface area (Å²) in [6, 6.07) is 7.90. The number of aliphatic hydroxyl groups is 1. The van der Waals surface area contributed by atoms with E-state index in [0.717, 1.165) is 12.1 Å². The van der Waals surface area contributed by atoms with E-state index in [1.807, 2.05) is 4.90 Å². The molecule has 2 atom stereocenters. The highest BCUT2D eigenvalue weighted by Gasteiger charge is 2.36. The molecule has 0 spiro atoms. The van der Waals surface area contributed by atoms with Gasteiger partial charge in [-0.15, -0.1) is 0 Å². The van der Waals surface area contributed by atoms with Crippen molar-refractivity contribution in [1.82, 2.24) is 10.2 Å². The van der Waals surface area contributed by atoms with Crippen LogP contribution in [-0.4, -0.2) is 54.4 Å². The predicted molar refractivity (Wildman–Crippen MR) is 120 cm³/mol. The molecule has 9 heteroatoms. The van der Waals surface area contributed by atoms with Crippen molar-refractivity contribution in [3.8, 4) is 5.75 Å². The van der Waals surface area contributed by atoms with Crippen molar-refractivity contribution < 1.29 is 23.4 Å². The number of benzene rings is 2. The number of β-amino-alcohol motifs (C(OH)–C–C–N with tert-alkyl or cyclic N) is 1. The molecular weight excluding hydrogens is 440 g/mol. The van der Waals surface area contributed by atoms with Gasteiger partial charge in [0.2, 0.25) is 0 Å². The molecule has 0 aromatic heterocycles. The van der Waals surface area contributed by atoms with E-state index in [1.54, 1.807) is 38.1 Å². The quantitative estimate of drug-likeness (QED) is 0.589. The Bertz CT molecular complexity index is 927. The maximum Gasteiger partial charge on any atom is 0.319 e. The van der Waals surface area contributed by atoms with Crippen LogP contribution >= 0.6 is 11.6 Å². The third kappa shape index (κ3) is 6.31. The van der Waals surface area contributed by atoms with E-state index >= 15 is 0 Å². The van der Waals surface area contributed by atoms with Crippen molar-refractivity contribution in [3.05, 3.63) is 58.6 Å². The second kappa shape index (κ2) is 10.0. The van der Waals surface area contributed by atoms with Crippen LogP contribution in [0.1, 0.15) is 31.7 Å². The lowest BCUT2D eigenvalue weighted by atomic mass is 9.84. The molecule has 32 heavy (non-hydrogen) atoms. The average Bonchev–Trinajstić information content (AvgIpc) is 2.69. The minimum atomic E-state index is -0.965. The zero-order chi connectivity index (χ0) is 23.5. The first-order chi connectivity index (χ1) is 15.1. The van der Waals surface area contributed by atoms with E-state index < -0.39 is 35.2 Å². The zero-order valence-electron chi connectivity index (χ0n) is 18.3. The Balaban J connectivity index is 1.83. The number of amides is 2. The Morgan fingerprint density at radius 3 is 2.44 bits per heavy atom. The lowest BCUT2D eigenvalue weighted by molar-refractivity contribution is 0.0232. The number of urea groups is 1. The smallest absolute Gasteiger partial charge is 0.319 e. The number of anilines is 1. The molecule has 2 amide bonds. The van der Waals surface area contributed by atoms with Gasteiger partial charge in [0.1, 0.15) is 17.4 Å². The first kappa shape index (κ1) is 24.2. The second-order valence-corrected chi connectivity index (χ2v) is 9.10. The van der Waals surface area contributed by atoms with E-state index in [4.69, 9.17) is 16.3 Å². The number of carbonyl (C=O) groups is 1. The summed E-state index contributed by atoms with van der Waals surface area (Å²) in [5.74, 6) is -2.05. The van der Waals surface area contributed by atoms with Crippen molar-refractivity contribution >= 4 is 23.3 Å². The molecule has 1 unspecified atom stereocenters. The molecule has 1 aliphatic rings. The SMILES string of the molecule is COc1cc(F)c(C2CN(CC(C)(C)O)CC[C@H]2NC(=O)Nc2ccc(Cl)cc2)c(F)c1. The number of hydrogen-bond donors (Lipinski definition) is 3. The number of rotatable bonds is 6. The molecule has 2 aromatic carbocycles. The fraction of sp³-hybridized carbons (Fsp3) is 0.435. The van der Waals surface area contributed by atoms with Crippen LogP contribution in [0.5, 0.6) is 5.75 Å². The molecule has 2 aromatic rings. The number of nitrogens with one attached hydrogen (secondary N) is 2.